The third-order valence-corrected chi connectivity index (χ3v) is 4.90. The minimum atomic E-state index is -5.10. The zero-order valence-corrected chi connectivity index (χ0v) is 16.9. The number of halogens is 7. The highest BCUT2D eigenvalue weighted by Gasteiger charge is 2.37. The maximum absolute atomic E-state index is 13.9. The molecule has 0 radical (unpaired) electrons. The van der Waals surface area contributed by atoms with Gasteiger partial charge in [-0.2, -0.15) is 13.2 Å². The zero-order chi connectivity index (χ0) is 23.5. The van der Waals surface area contributed by atoms with Gasteiger partial charge < -0.3 is 0 Å². The first-order valence-corrected chi connectivity index (χ1v) is 9.75. The van der Waals surface area contributed by atoms with Gasteiger partial charge in [0.2, 0.25) is 0 Å². The number of aryl methyl sites for hydroxylation is 2. The SMILES string of the molecule is CCC(F)=C(F)c1ccc(-c2ccc(CCc3cc(F)c(C(F)(F)F)c(F)c3)nc2)cc1. The molecular weight excluding hydrogens is 435 g/mol. The fourth-order valence-corrected chi connectivity index (χ4v) is 3.18. The molecule has 0 unspecified atom stereocenters. The lowest BCUT2D eigenvalue weighted by Gasteiger charge is -2.11. The average Bonchev–Trinajstić information content (AvgIpc) is 2.75. The van der Waals surface area contributed by atoms with Crippen molar-refractivity contribution in [3.8, 4) is 11.1 Å². The molecule has 0 N–H and O–H groups in total. The lowest BCUT2D eigenvalue weighted by molar-refractivity contribution is -0.142. The standard InChI is InChI=1S/C24H18F7N/c1-2-19(25)23(28)16-6-4-15(5-7-16)17-8-10-18(32-13-17)9-3-14-11-20(26)22(21(27)12-14)24(29,30)31/h4-8,10-13H,2-3,9H2,1H3. The zero-order valence-electron chi connectivity index (χ0n) is 16.9. The molecule has 0 aliphatic rings. The highest BCUT2D eigenvalue weighted by atomic mass is 19.4. The Hall–Kier alpha value is -3.16. The molecular formula is C24H18F7N. The molecule has 1 aromatic heterocycles. The normalized spacial score (nSPS) is 12.6. The summed E-state index contributed by atoms with van der Waals surface area (Å²) in [6.45, 7) is 1.51. The smallest absolute Gasteiger partial charge is 0.261 e. The first-order valence-electron chi connectivity index (χ1n) is 9.75. The Morgan fingerprint density at radius 2 is 1.44 bits per heavy atom. The largest absolute Gasteiger partial charge is 0.422 e. The second-order valence-electron chi connectivity index (χ2n) is 7.12. The van der Waals surface area contributed by atoms with Crippen molar-refractivity contribution < 1.29 is 30.7 Å². The summed E-state index contributed by atoms with van der Waals surface area (Å²) >= 11 is 0. The molecule has 0 atom stereocenters. The maximum Gasteiger partial charge on any atom is 0.422 e. The van der Waals surface area contributed by atoms with Crippen molar-refractivity contribution >= 4 is 5.83 Å². The number of aromatic nitrogens is 1. The summed E-state index contributed by atoms with van der Waals surface area (Å²) in [6, 6.07) is 10.9. The van der Waals surface area contributed by atoms with Crippen LogP contribution in [0, 0.1) is 11.6 Å². The van der Waals surface area contributed by atoms with E-state index in [1.807, 2.05) is 0 Å². The Morgan fingerprint density at radius 3 is 1.94 bits per heavy atom. The third kappa shape index (κ3) is 5.36. The molecule has 0 saturated heterocycles. The summed E-state index contributed by atoms with van der Waals surface area (Å²) in [4.78, 5) is 4.26. The number of allylic oxidation sites excluding steroid dienone is 1. The van der Waals surface area contributed by atoms with E-state index in [4.69, 9.17) is 0 Å². The first kappa shape index (κ1) is 23.5. The fourth-order valence-electron chi connectivity index (χ4n) is 3.18. The summed E-state index contributed by atoms with van der Waals surface area (Å²) in [7, 11) is 0. The number of hydrogen-bond acceptors (Lipinski definition) is 1. The quantitative estimate of drug-likeness (QED) is 0.347. The molecule has 8 heteroatoms. The molecule has 1 heterocycles. The lowest BCUT2D eigenvalue weighted by Crippen LogP contribution is -2.12. The third-order valence-electron chi connectivity index (χ3n) is 4.90. The topological polar surface area (TPSA) is 12.9 Å². The Balaban J connectivity index is 1.69. The highest BCUT2D eigenvalue weighted by molar-refractivity contribution is 5.68. The molecule has 2 aromatic carbocycles. The van der Waals surface area contributed by atoms with Gasteiger partial charge >= 0.3 is 6.18 Å². The first-order chi connectivity index (χ1) is 15.1. The summed E-state index contributed by atoms with van der Waals surface area (Å²) in [5.41, 5.74) is 0.335. The van der Waals surface area contributed by atoms with Crippen molar-refractivity contribution in [3.05, 3.63) is 94.6 Å². The van der Waals surface area contributed by atoms with Gasteiger partial charge in [-0.05, 0) is 48.6 Å². The van der Waals surface area contributed by atoms with E-state index in [0.717, 1.165) is 5.56 Å². The Kier molecular flexibility index (Phi) is 7.01. The summed E-state index contributed by atoms with van der Waals surface area (Å²) in [6.07, 6.45) is -3.23. The molecule has 0 aliphatic heterocycles. The van der Waals surface area contributed by atoms with Crippen molar-refractivity contribution in [2.24, 2.45) is 0 Å². The van der Waals surface area contributed by atoms with Gasteiger partial charge in [0, 0.05) is 23.0 Å². The van der Waals surface area contributed by atoms with E-state index in [0.29, 0.717) is 23.4 Å². The van der Waals surface area contributed by atoms with E-state index in [-0.39, 0.29) is 30.4 Å². The number of rotatable bonds is 6. The van der Waals surface area contributed by atoms with Crippen LogP contribution in [0.15, 0.2) is 60.6 Å². The summed E-state index contributed by atoms with van der Waals surface area (Å²) in [5.74, 6) is -5.02. The van der Waals surface area contributed by atoms with Crippen LogP contribution in [0.25, 0.3) is 17.0 Å². The van der Waals surface area contributed by atoms with E-state index >= 15 is 0 Å². The van der Waals surface area contributed by atoms with Gasteiger partial charge in [-0.25, -0.2) is 17.6 Å². The van der Waals surface area contributed by atoms with E-state index < -0.39 is 35.0 Å². The highest BCUT2D eigenvalue weighted by Crippen LogP contribution is 2.34. The van der Waals surface area contributed by atoms with Crippen LogP contribution in [-0.4, -0.2) is 4.98 Å². The molecule has 32 heavy (non-hydrogen) atoms. The van der Waals surface area contributed by atoms with Crippen LogP contribution in [0.3, 0.4) is 0 Å². The molecule has 0 bridgehead atoms. The molecule has 0 saturated carbocycles. The number of hydrogen-bond donors (Lipinski definition) is 0. The average molecular weight is 453 g/mol. The van der Waals surface area contributed by atoms with Gasteiger partial charge in [0.25, 0.3) is 0 Å². The Bertz CT molecular complexity index is 1090. The van der Waals surface area contributed by atoms with Gasteiger partial charge in [-0.15, -0.1) is 0 Å². The van der Waals surface area contributed by atoms with Gasteiger partial charge in [0.1, 0.15) is 23.0 Å². The number of alkyl halides is 3. The fraction of sp³-hybridized carbons (Fsp3) is 0.208. The number of benzene rings is 2. The van der Waals surface area contributed by atoms with Gasteiger partial charge in [-0.1, -0.05) is 37.3 Å². The van der Waals surface area contributed by atoms with Crippen LogP contribution in [-0.2, 0) is 19.0 Å². The molecule has 0 aliphatic carbocycles. The van der Waals surface area contributed by atoms with Crippen LogP contribution in [0.2, 0.25) is 0 Å². The minimum absolute atomic E-state index is 0.0370. The van der Waals surface area contributed by atoms with Crippen molar-refractivity contribution in [3.63, 3.8) is 0 Å². The van der Waals surface area contributed by atoms with E-state index in [1.54, 1.807) is 30.5 Å². The van der Waals surface area contributed by atoms with Gasteiger partial charge in [-0.3, -0.25) is 4.98 Å². The predicted molar refractivity (Wildman–Crippen MR) is 108 cm³/mol. The molecule has 3 aromatic rings. The number of pyridine rings is 1. The van der Waals surface area contributed by atoms with Crippen LogP contribution in [0.4, 0.5) is 30.7 Å². The van der Waals surface area contributed by atoms with Crippen molar-refractivity contribution in [1.29, 1.82) is 0 Å². The molecule has 0 amide bonds. The van der Waals surface area contributed by atoms with E-state index in [1.165, 1.54) is 19.1 Å². The van der Waals surface area contributed by atoms with Crippen LogP contribution in [0.1, 0.15) is 35.7 Å². The minimum Gasteiger partial charge on any atom is -0.261 e. The van der Waals surface area contributed by atoms with Gasteiger partial charge in [0.05, 0.1) is 0 Å². The molecule has 1 nitrogen and oxygen atoms in total. The monoisotopic (exact) mass is 453 g/mol. The predicted octanol–water partition coefficient (Wildman–Crippen LogP) is 7.85. The molecule has 0 spiro atoms. The molecule has 168 valence electrons. The summed E-state index contributed by atoms with van der Waals surface area (Å²) in [5, 5.41) is 0. The summed E-state index contributed by atoms with van der Waals surface area (Å²) < 4.78 is 92.6. The number of nitrogens with zero attached hydrogens (tertiary/aromatic N) is 1. The van der Waals surface area contributed by atoms with Crippen molar-refractivity contribution in [1.82, 2.24) is 4.98 Å². The Morgan fingerprint density at radius 1 is 0.844 bits per heavy atom. The van der Waals surface area contributed by atoms with Crippen molar-refractivity contribution in [2.45, 2.75) is 32.4 Å². The maximum atomic E-state index is 13.9. The molecule has 3 rings (SSSR count). The van der Waals surface area contributed by atoms with E-state index in [9.17, 15) is 30.7 Å². The molecule has 0 fully saturated rings. The second-order valence-corrected chi connectivity index (χ2v) is 7.12. The lowest BCUT2D eigenvalue weighted by atomic mass is 10.0. The van der Waals surface area contributed by atoms with E-state index in [2.05, 4.69) is 4.98 Å². The van der Waals surface area contributed by atoms with Crippen molar-refractivity contribution in [2.75, 3.05) is 0 Å². The van der Waals surface area contributed by atoms with Gasteiger partial charge in [0.15, 0.2) is 5.83 Å². The van der Waals surface area contributed by atoms with Crippen LogP contribution < -0.4 is 0 Å². The Labute approximate surface area is 180 Å². The second kappa shape index (κ2) is 9.54. The van der Waals surface area contributed by atoms with Crippen LogP contribution in [0.5, 0.6) is 0 Å². The van der Waals surface area contributed by atoms with Crippen LogP contribution >= 0.6 is 0 Å².